The molecule has 0 aliphatic heterocycles. The number of carbonyl (C=O) groups excluding carboxylic acids is 1. The SMILES string of the molecule is COc1cc(/C=C/c2nc(Cl)c3cccc(OC(C)=O)c3n2)cc(OC)c1. The lowest BCUT2D eigenvalue weighted by Crippen LogP contribution is -2.03. The summed E-state index contributed by atoms with van der Waals surface area (Å²) in [5.74, 6) is 1.63. The summed E-state index contributed by atoms with van der Waals surface area (Å²) in [5.41, 5.74) is 1.31. The van der Waals surface area contributed by atoms with Crippen LogP contribution in [-0.2, 0) is 4.79 Å². The van der Waals surface area contributed by atoms with Crippen molar-refractivity contribution >= 4 is 40.6 Å². The van der Waals surface area contributed by atoms with E-state index in [0.29, 0.717) is 34.0 Å². The topological polar surface area (TPSA) is 70.5 Å². The van der Waals surface area contributed by atoms with Gasteiger partial charge in [0.1, 0.15) is 22.2 Å². The van der Waals surface area contributed by atoms with Crippen molar-refractivity contribution in [2.75, 3.05) is 14.2 Å². The van der Waals surface area contributed by atoms with Crippen LogP contribution in [-0.4, -0.2) is 30.2 Å². The molecule has 0 aliphatic rings. The molecule has 0 aliphatic carbocycles. The number of fused-ring (bicyclic) bond motifs is 1. The smallest absolute Gasteiger partial charge is 0.308 e. The Labute approximate surface area is 161 Å². The number of nitrogens with zero attached hydrogens (tertiary/aromatic N) is 2. The van der Waals surface area contributed by atoms with Gasteiger partial charge in [0.2, 0.25) is 0 Å². The Morgan fingerprint density at radius 1 is 1.04 bits per heavy atom. The average Bonchev–Trinajstić information content (AvgIpc) is 2.66. The van der Waals surface area contributed by atoms with Crippen LogP contribution in [0.15, 0.2) is 36.4 Å². The van der Waals surface area contributed by atoms with Crippen molar-refractivity contribution < 1.29 is 19.0 Å². The third kappa shape index (κ3) is 4.35. The lowest BCUT2D eigenvalue weighted by atomic mass is 10.2. The zero-order valence-electron chi connectivity index (χ0n) is 15.0. The number of benzene rings is 2. The van der Waals surface area contributed by atoms with Gasteiger partial charge in [0, 0.05) is 18.4 Å². The number of rotatable bonds is 5. The minimum atomic E-state index is -0.433. The first-order valence-electron chi connectivity index (χ1n) is 8.06. The third-order valence-electron chi connectivity index (χ3n) is 3.71. The predicted octanol–water partition coefficient (Wildman–Crippen LogP) is 4.40. The molecule has 7 heteroatoms. The summed E-state index contributed by atoms with van der Waals surface area (Å²) in [7, 11) is 3.18. The van der Waals surface area contributed by atoms with Gasteiger partial charge < -0.3 is 14.2 Å². The van der Waals surface area contributed by atoms with Gasteiger partial charge in [-0.15, -0.1) is 0 Å². The number of aromatic nitrogens is 2. The Hall–Kier alpha value is -3.12. The molecule has 27 heavy (non-hydrogen) atoms. The molecule has 0 fully saturated rings. The Morgan fingerprint density at radius 2 is 1.74 bits per heavy atom. The van der Waals surface area contributed by atoms with Crippen molar-refractivity contribution in [3.8, 4) is 17.2 Å². The van der Waals surface area contributed by atoms with Gasteiger partial charge in [0.05, 0.1) is 14.2 Å². The second kappa shape index (κ2) is 8.05. The standard InChI is InChI=1S/C20H17ClN2O4/c1-12(24)27-17-6-4-5-16-19(17)22-18(23-20(16)21)8-7-13-9-14(25-2)11-15(10-13)26-3/h4-11H,1-3H3/b8-7+. The fraction of sp³-hybridized carbons (Fsp3) is 0.150. The van der Waals surface area contributed by atoms with E-state index >= 15 is 0 Å². The van der Waals surface area contributed by atoms with E-state index in [0.717, 1.165) is 5.56 Å². The molecule has 0 saturated carbocycles. The first-order chi connectivity index (χ1) is 13.0. The maximum absolute atomic E-state index is 11.3. The number of hydrogen-bond donors (Lipinski definition) is 0. The molecule has 3 rings (SSSR count). The van der Waals surface area contributed by atoms with Crippen LogP contribution in [0.4, 0.5) is 0 Å². The number of carbonyl (C=O) groups is 1. The number of hydrogen-bond acceptors (Lipinski definition) is 6. The first kappa shape index (κ1) is 18.7. The molecule has 0 radical (unpaired) electrons. The van der Waals surface area contributed by atoms with Crippen molar-refractivity contribution in [3.05, 3.63) is 52.9 Å². The lowest BCUT2D eigenvalue weighted by Gasteiger charge is -2.07. The van der Waals surface area contributed by atoms with Crippen LogP contribution in [0.25, 0.3) is 23.1 Å². The molecule has 1 heterocycles. The Kier molecular flexibility index (Phi) is 5.57. The van der Waals surface area contributed by atoms with Gasteiger partial charge in [-0.1, -0.05) is 23.7 Å². The number of para-hydroxylation sites is 1. The van der Waals surface area contributed by atoms with E-state index in [1.54, 1.807) is 44.6 Å². The summed E-state index contributed by atoms with van der Waals surface area (Å²) in [6.07, 6.45) is 3.53. The van der Waals surface area contributed by atoms with Crippen molar-refractivity contribution in [1.82, 2.24) is 9.97 Å². The molecule has 0 amide bonds. The summed E-state index contributed by atoms with van der Waals surface area (Å²) in [5, 5.41) is 0.882. The van der Waals surface area contributed by atoms with Gasteiger partial charge in [-0.2, -0.15) is 0 Å². The van der Waals surface area contributed by atoms with Gasteiger partial charge in [-0.3, -0.25) is 4.79 Å². The quantitative estimate of drug-likeness (QED) is 0.369. The number of methoxy groups -OCH3 is 2. The number of ether oxygens (including phenoxy) is 3. The number of halogens is 1. The van der Waals surface area contributed by atoms with E-state index in [1.807, 2.05) is 18.2 Å². The highest BCUT2D eigenvalue weighted by Crippen LogP contribution is 2.29. The van der Waals surface area contributed by atoms with E-state index in [9.17, 15) is 4.79 Å². The summed E-state index contributed by atoms with van der Waals surface area (Å²) in [6.45, 7) is 1.33. The maximum Gasteiger partial charge on any atom is 0.308 e. The summed E-state index contributed by atoms with van der Waals surface area (Å²) >= 11 is 6.28. The van der Waals surface area contributed by atoms with Gasteiger partial charge in [-0.25, -0.2) is 9.97 Å². The molecule has 0 bridgehead atoms. The van der Waals surface area contributed by atoms with Crippen molar-refractivity contribution in [2.24, 2.45) is 0 Å². The zero-order chi connectivity index (χ0) is 19.4. The highest BCUT2D eigenvalue weighted by molar-refractivity contribution is 6.34. The second-order valence-corrected chi connectivity index (χ2v) is 5.96. The van der Waals surface area contributed by atoms with E-state index in [-0.39, 0.29) is 5.15 Å². The lowest BCUT2D eigenvalue weighted by molar-refractivity contribution is -0.131. The predicted molar refractivity (Wildman–Crippen MR) is 104 cm³/mol. The largest absolute Gasteiger partial charge is 0.497 e. The highest BCUT2D eigenvalue weighted by Gasteiger charge is 2.11. The van der Waals surface area contributed by atoms with Crippen LogP contribution in [0.2, 0.25) is 5.15 Å². The molecule has 0 saturated heterocycles. The van der Waals surface area contributed by atoms with Crippen LogP contribution >= 0.6 is 11.6 Å². The first-order valence-corrected chi connectivity index (χ1v) is 8.44. The maximum atomic E-state index is 11.3. The molecule has 2 aromatic carbocycles. The zero-order valence-corrected chi connectivity index (χ0v) is 15.8. The molecule has 6 nitrogen and oxygen atoms in total. The molecule has 0 N–H and O–H groups in total. The Bertz CT molecular complexity index is 1010. The Morgan fingerprint density at radius 3 is 2.37 bits per heavy atom. The average molecular weight is 385 g/mol. The molecule has 1 aromatic heterocycles. The molecule has 0 unspecified atom stereocenters. The number of esters is 1. The second-order valence-electron chi connectivity index (χ2n) is 5.60. The van der Waals surface area contributed by atoms with E-state index in [4.69, 9.17) is 25.8 Å². The summed E-state index contributed by atoms with van der Waals surface area (Å²) in [4.78, 5) is 20.1. The molecule has 138 valence electrons. The molecule has 0 spiro atoms. The van der Waals surface area contributed by atoms with Crippen LogP contribution in [0.3, 0.4) is 0 Å². The minimum Gasteiger partial charge on any atom is -0.497 e. The minimum absolute atomic E-state index is 0.275. The van der Waals surface area contributed by atoms with Gasteiger partial charge >= 0.3 is 5.97 Å². The van der Waals surface area contributed by atoms with Crippen molar-refractivity contribution in [1.29, 1.82) is 0 Å². The summed E-state index contributed by atoms with van der Waals surface area (Å²) in [6, 6.07) is 10.6. The molecular weight excluding hydrogens is 368 g/mol. The fourth-order valence-electron chi connectivity index (χ4n) is 2.51. The summed E-state index contributed by atoms with van der Waals surface area (Å²) < 4.78 is 15.7. The van der Waals surface area contributed by atoms with Crippen LogP contribution in [0.5, 0.6) is 17.2 Å². The highest BCUT2D eigenvalue weighted by atomic mass is 35.5. The van der Waals surface area contributed by atoms with E-state index in [1.165, 1.54) is 6.92 Å². The van der Waals surface area contributed by atoms with Crippen LogP contribution in [0.1, 0.15) is 18.3 Å². The monoisotopic (exact) mass is 384 g/mol. The van der Waals surface area contributed by atoms with Gasteiger partial charge in [0.15, 0.2) is 11.6 Å². The van der Waals surface area contributed by atoms with Crippen molar-refractivity contribution in [2.45, 2.75) is 6.92 Å². The molecular formula is C20H17ClN2O4. The molecule has 3 aromatic rings. The van der Waals surface area contributed by atoms with Crippen LogP contribution in [0, 0.1) is 0 Å². The van der Waals surface area contributed by atoms with E-state index in [2.05, 4.69) is 9.97 Å². The molecule has 0 atom stereocenters. The Balaban J connectivity index is 2.02. The van der Waals surface area contributed by atoms with Crippen molar-refractivity contribution in [3.63, 3.8) is 0 Å². The normalized spacial score (nSPS) is 11.0. The third-order valence-corrected chi connectivity index (χ3v) is 4.00. The van der Waals surface area contributed by atoms with E-state index < -0.39 is 5.97 Å². The van der Waals surface area contributed by atoms with Gasteiger partial charge in [0.25, 0.3) is 0 Å². The fourth-order valence-corrected chi connectivity index (χ4v) is 2.75. The van der Waals surface area contributed by atoms with Gasteiger partial charge in [-0.05, 0) is 35.9 Å². The van der Waals surface area contributed by atoms with Crippen LogP contribution < -0.4 is 14.2 Å².